The Labute approximate surface area is 249 Å². The zero-order valence-electron chi connectivity index (χ0n) is 24.6. The monoisotopic (exact) mass is 592 g/mol. The number of nitrogens with two attached hydrogens (primary N) is 1. The predicted octanol–water partition coefficient (Wildman–Crippen LogP) is 4.63. The van der Waals surface area contributed by atoms with Gasteiger partial charge in [0.15, 0.2) is 0 Å². The van der Waals surface area contributed by atoms with Gasteiger partial charge in [-0.2, -0.15) is 13.2 Å². The summed E-state index contributed by atoms with van der Waals surface area (Å²) in [6.07, 6.45) is -3.27. The predicted molar refractivity (Wildman–Crippen MR) is 162 cm³/mol. The van der Waals surface area contributed by atoms with Gasteiger partial charge in [0, 0.05) is 55.6 Å². The lowest BCUT2D eigenvalue weighted by Crippen LogP contribution is -2.44. The molecule has 1 saturated heterocycles. The van der Waals surface area contributed by atoms with Gasteiger partial charge in [-0.3, -0.25) is 15.1 Å². The number of aryl methyl sites for hydroxylation is 1. The second-order valence-corrected chi connectivity index (χ2v) is 10.8. The van der Waals surface area contributed by atoms with Crippen molar-refractivity contribution in [3.63, 3.8) is 0 Å². The molecule has 0 unspecified atom stereocenters. The highest BCUT2D eigenvalue weighted by atomic mass is 19.4. The fraction of sp³-hybridized carbons (Fsp3) is 0.355. The Bertz CT molecular complexity index is 1570. The van der Waals surface area contributed by atoms with Crippen LogP contribution >= 0.6 is 0 Å². The Kier molecular flexibility index (Phi) is 9.68. The molecule has 43 heavy (non-hydrogen) atoms. The number of anilines is 3. The number of likely N-dealkylation sites (N-methyl/N-ethyl adjacent to an activating group) is 1. The molecular weight excluding hydrogens is 557 g/mol. The molecule has 2 heterocycles. The second-order valence-electron chi connectivity index (χ2n) is 10.8. The minimum atomic E-state index is -4.57. The lowest BCUT2D eigenvalue weighted by atomic mass is 10.0. The number of piperazine rings is 1. The summed E-state index contributed by atoms with van der Waals surface area (Å²) in [6.45, 7) is 8.79. The molecule has 5 N–H and O–H groups in total. The van der Waals surface area contributed by atoms with Crippen LogP contribution in [-0.2, 0) is 12.7 Å². The van der Waals surface area contributed by atoms with Crippen molar-refractivity contribution < 1.29 is 18.0 Å². The molecule has 0 bridgehead atoms. The van der Waals surface area contributed by atoms with Gasteiger partial charge in [-0.15, -0.1) is 0 Å². The van der Waals surface area contributed by atoms with E-state index in [1.165, 1.54) is 24.5 Å². The average molecular weight is 593 g/mol. The second kappa shape index (κ2) is 13.2. The number of hydrogen-bond acceptors (Lipinski definition) is 8. The molecule has 1 amide bonds. The summed E-state index contributed by atoms with van der Waals surface area (Å²) in [5.74, 6) is 5.58. The summed E-state index contributed by atoms with van der Waals surface area (Å²) in [5.41, 5.74) is 7.05. The highest BCUT2D eigenvalue weighted by molar-refractivity contribution is 6.16. The molecule has 0 saturated carbocycles. The van der Waals surface area contributed by atoms with Gasteiger partial charge < -0.3 is 21.3 Å². The number of nitrogens with one attached hydrogen (secondary N) is 3. The summed E-state index contributed by atoms with van der Waals surface area (Å²) >= 11 is 0. The summed E-state index contributed by atoms with van der Waals surface area (Å²) in [6, 6.07) is 8.73. The quantitative estimate of drug-likeness (QED) is 0.233. The number of nitrogen functional groups attached to an aromatic ring is 1. The number of carbonyl (C=O) groups excluding carboxylic acids is 1. The van der Waals surface area contributed by atoms with Gasteiger partial charge in [0.2, 0.25) is 0 Å². The molecule has 2 aromatic carbocycles. The van der Waals surface area contributed by atoms with Crippen molar-refractivity contribution in [2.45, 2.75) is 39.5 Å². The number of alkyl halides is 3. The maximum Gasteiger partial charge on any atom is 0.416 e. The third kappa shape index (κ3) is 8.09. The fourth-order valence-corrected chi connectivity index (χ4v) is 4.62. The van der Waals surface area contributed by atoms with Crippen LogP contribution in [0.5, 0.6) is 0 Å². The molecule has 3 aromatic rings. The van der Waals surface area contributed by atoms with E-state index in [0.717, 1.165) is 24.7 Å². The van der Waals surface area contributed by atoms with Crippen LogP contribution in [0.2, 0.25) is 0 Å². The molecule has 1 aliphatic heterocycles. The first-order valence-corrected chi connectivity index (χ1v) is 13.8. The zero-order chi connectivity index (χ0) is 31.3. The lowest BCUT2D eigenvalue weighted by Gasteiger charge is -2.33. The third-order valence-electron chi connectivity index (χ3n) is 7.04. The van der Waals surface area contributed by atoms with Gasteiger partial charge in [-0.1, -0.05) is 18.1 Å². The molecule has 4 rings (SSSR count). The number of aromatic nitrogens is 2. The molecule has 1 aliphatic rings. The number of carbonyl (C=O) groups is 1. The summed E-state index contributed by atoms with van der Waals surface area (Å²) in [5, 5.41) is 14.2. The van der Waals surface area contributed by atoms with Gasteiger partial charge >= 0.3 is 6.18 Å². The Balaban J connectivity index is 1.54. The van der Waals surface area contributed by atoms with Gasteiger partial charge in [-0.05, 0) is 69.1 Å². The minimum Gasteiger partial charge on any atom is -0.383 e. The number of amides is 1. The number of nitrogens with zero attached hydrogens (tertiary/aromatic N) is 4. The molecule has 0 spiro atoms. The van der Waals surface area contributed by atoms with Crippen LogP contribution in [0.25, 0.3) is 0 Å². The van der Waals surface area contributed by atoms with Crippen LogP contribution in [0, 0.1) is 24.2 Å². The fourth-order valence-electron chi connectivity index (χ4n) is 4.62. The van der Waals surface area contributed by atoms with Crippen LogP contribution in [0.4, 0.5) is 30.5 Å². The van der Waals surface area contributed by atoms with Crippen LogP contribution in [-0.4, -0.2) is 70.7 Å². The first-order chi connectivity index (χ1) is 20.3. The molecular formula is C31H35F3N8O. The SMILES string of the molecule is Cc1ccc(C(=O)Nc2ccc(CN3CCN(C)CC3)c(C(F)(F)F)c2)cc1C#CC(=N)c1c(N)ncnc1NC(C)C. The molecule has 0 atom stereocenters. The van der Waals surface area contributed by atoms with E-state index in [0.29, 0.717) is 24.5 Å². The first-order valence-electron chi connectivity index (χ1n) is 13.8. The van der Waals surface area contributed by atoms with E-state index < -0.39 is 17.6 Å². The lowest BCUT2D eigenvalue weighted by molar-refractivity contribution is -0.138. The summed E-state index contributed by atoms with van der Waals surface area (Å²) in [7, 11) is 1.99. The number of halogens is 3. The molecule has 226 valence electrons. The van der Waals surface area contributed by atoms with Crippen molar-refractivity contribution in [1.29, 1.82) is 5.41 Å². The zero-order valence-corrected chi connectivity index (χ0v) is 24.6. The van der Waals surface area contributed by atoms with E-state index >= 15 is 0 Å². The molecule has 0 radical (unpaired) electrons. The van der Waals surface area contributed by atoms with E-state index in [4.69, 9.17) is 11.1 Å². The number of rotatable bonds is 7. The highest BCUT2D eigenvalue weighted by Crippen LogP contribution is 2.35. The van der Waals surface area contributed by atoms with Crippen LogP contribution in [0.1, 0.15) is 52.0 Å². The molecule has 12 heteroatoms. The Morgan fingerprint density at radius 3 is 2.51 bits per heavy atom. The maximum atomic E-state index is 14.0. The smallest absolute Gasteiger partial charge is 0.383 e. The topological polar surface area (TPSA) is 123 Å². The molecule has 1 aromatic heterocycles. The largest absolute Gasteiger partial charge is 0.416 e. The third-order valence-corrected chi connectivity index (χ3v) is 7.04. The van der Waals surface area contributed by atoms with Gasteiger partial charge in [-0.25, -0.2) is 9.97 Å². The van der Waals surface area contributed by atoms with E-state index in [1.54, 1.807) is 19.1 Å². The minimum absolute atomic E-state index is 0.0339. The normalized spacial score (nSPS) is 14.2. The summed E-state index contributed by atoms with van der Waals surface area (Å²) < 4.78 is 42.0. The van der Waals surface area contributed by atoms with Gasteiger partial charge in [0.1, 0.15) is 23.7 Å². The molecule has 0 aliphatic carbocycles. The first kappa shape index (κ1) is 31.5. The Morgan fingerprint density at radius 2 is 1.84 bits per heavy atom. The molecule has 9 nitrogen and oxygen atoms in total. The van der Waals surface area contributed by atoms with Crippen molar-refractivity contribution in [2.24, 2.45) is 0 Å². The molecule has 1 fully saturated rings. The Morgan fingerprint density at radius 1 is 1.12 bits per heavy atom. The van der Waals surface area contributed by atoms with Gasteiger partial charge in [0.25, 0.3) is 5.91 Å². The van der Waals surface area contributed by atoms with E-state index in [9.17, 15) is 18.0 Å². The summed E-state index contributed by atoms with van der Waals surface area (Å²) in [4.78, 5) is 25.4. The van der Waals surface area contributed by atoms with Crippen LogP contribution in [0.3, 0.4) is 0 Å². The Hall–Kier alpha value is -4.47. The van der Waals surface area contributed by atoms with Crippen molar-refractivity contribution in [3.05, 3.63) is 76.1 Å². The van der Waals surface area contributed by atoms with E-state index in [-0.39, 0.29) is 46.5 Å². The van der Waals surface area contributed by atoms with E-state index in [2.05, 4.69) is 37.3 Å². The number of hydrogen-bond donors (Lipinski definition) is 4. The van der Waals surface area contributed by atoms with Crippen LogP contribution < -0.4 is 16.4 Å². The van der Waals surface area contributed by atoms with Crippen molar-refractivity contribution >= 4 is 28.9 Å². The van der Waals surface area contributed by atoms with Crippen molar-refractivity contribution in [3.8, 4) is 11.8 Å². The van der Waals surface area contributed by atoms with Crippen molar-refractivity contribution in [1.82, 2.24) is 19.8 Å². The standard InChI is InChI=1S/C31H35F3N8O/c1-19(2)39-29-27(28(36)37-18-38-29)26(35)10-8-21-15-22(6-5-20(21)3)30(43)40-24-9-7-23(25(16-24)31(32,33)34)17-42-13-11-41(4)12-14-42/h5-7,9,15-16,18-19,35H,11-14,17H2,1-4H3,(H,40,43)(H3,36,37,38,39). The average Bonchev–Trinajstić information content (AvgIpc) is 2.93. The van der Waals surface area contributed by atoms with Crippen LogP contribution in [0.15, 0.2) is 42.7 Å². The number of benzene rings is 2. The van der Waals surface area contributed by atoms with E-state index in [1.807, 2.05) is 25.8 Å². The van der Waals surface area contributed by atoms with Crippen molar-refractivity contribution in [2.75, 3.05) is 49.6 Å². The van der Waals surface area contributed by atoms with Gasteiger partial charge in [0.05, 0.1) is 11.1 Å². The highest BCUT2D eigenvalue weighted by Gasteiger charge is 2.34. The maximum absolute atomic E-state index is 14.0.